The van der Waals surface area contributed by atoms with Crippen LogP contribution >= 0.6 is 11.6 Å². The number of carbonyl (C=O) groups excluding carboxylic acids is 2. The number of carbonyl (C=O) groups is 2. The summed E-state index contributed by atoms with van der Waals surface area (Å²) < 4.78 is 12.1. The lowest BCUT2D eigenvalue weighted by Gasteiger charge is -2.18. The third-order valence-corrected chi connectivity index (χ3v) is 4.39. The molecule has 0 spiro atoms. The molecule has 0 saturated carbocycles. The Hall–Kier alpha value is -2.54. The first-order valence-corrected chi connectivity index (χ1v) is 8.86. The molecule has 0 atom stereocenters. The van der Waals surface area contributed by atoms with Gasteiger partial charge in [0.25, 0.3) is 11.8 Å². The van der Waals surface area contributed by atoms with Crippen molar-refractivity contribution in [1.82, 2.24) is 9.55 Å². The van der Waals surface area contributed by atoms with Gasteiger partial charge in [-0.3, -0.25) is 14.3 Å². The Balaban J connectivity index is 1.96. The molecule has 1 amide bonds. The van der Waals surface area contributed by atoms with Crippen LogP contribution in [0.4, 0.5) is 10.6 Å². The standard InChI is InChI=1S/C18H20ClN3O4/c1-3-25-18(24)26-17-15(20-14-9-4-5-10-22(14)17)21(2)16(23)12-7-6-8-13(19)11-12/h6-8,11H,3-5,9-10H2,1-2H3. The van der Waals surface area contributed by atoms with Crippen molar-refractivity contribution in [2.24, 2.45) is 0 Å². The zero-order chi connectivity index (χ0) is 18.7. The van der Waals surface area contributed by atoms with Crippen LogP contribution in [0.15, 0.2) is 24.3 Å². The number of aryl methyl sites for hydroxylation is 1. The molecule has 138 valence electrons. The number of halogens is 1. The van der Waals surface area contributed by atoms with Crippen molar-refractivity contribution >= 4 is 29.5 Å². The van der Waals surface area contributed by atoms with Gasteiger partial charge in [-0.1, -0.05) is 17.7 Å². The van der Waals surface area contributed by atoms with Crippen molar-refractivity contribution in [1.29, 1.82) is 0 Å². The Bertz CT molecular complexity index is 834. The van der Waals surface area contributed by atoms with Crippen LogP contribution in [0.1, 0.15) is 35.9 Å². The van der Waals surface area contributed by atoms with Gasteiger partial charge < -0.3 is 9.47 Å². The second kappa shape index (κ2) is 7.78. The molecular formula is C18H20ClN3O4. The number of benzene rings is 1. The van der Waals surface area contributed by atoms with Crippen LogP contribution in [0.3, 0.4) is 0 Å². The Kier molecular flexibility index (Phi) is 5.46. The number of hydrogen-bond donors (Lipinski definition) is 0. The molecule has 3 rings (SSSR count). The normalized spacial score (nSPS) is 13.0. The van der Waals surface area contributed by atoms with E-state index < -0.39 is 6.16 Å². The van der Waals surface area contributed by atoms with E-state index in [0.717, 1.165) is 25.1 Å². The number of fused-ring (bicyclic) bond motifs is 1. The second-order valence-corrected chi connectivity index (χ2v) is 6.36. The predicted molar refractivity (Wildman–Crippen MR) is 97.0 cm³/mol. The van der Waals surface area contributed by atoms with Crippen LogP contribution in [-0.4, -0.2) is 35.3 Å². The fourth-order valence-corrected chi connectivity index (χ4v) is 3.09. The van der Waals surface area contributed by atoms with Crippen molar-refractivity contribution in [3.05, 3.63) is 40.7 Å². The molecule has 0 aliphatic carbocycles. The molecule has 26 heavy (non-hydrogen) atoms. The number of imidazole rings is 1. The summed E-state index contributed by atoms with van der Waals surface area (Å²) in [7, 11) is 1.59. The maximum absolute atomic E-state index is 12.8. The lowest BCUT2D eigenvalue weighted by atomic mass is 10.2. The van der Waals surface area contributed by atoms with Gasteiger partial charge in [-0.2, -0.15) is 0 Å². The minimum atomic E-state index is -0.814. The van der Waals surface area contributed by atoms with Crippen molar-refractivity contribution in [3.8, 4) is 5.88 Å². The van der Waals surface area contributed by atoms with E-state index in [1.165, 1.54) is 4.90 Å². The first-order valence-electron chi connectivity index (χ1n) is 8.49. The first-order chi connectivity index (χ1) is 12.5. The Labute approximate surface area is 156 Å². The quantitative estimate of drug-likeness (QED) is 0.760. The summed E-state index contributed by atoms with van der Waals surface area (Å²) in [5.41, 5.74) is 0.424. The van der Waals surface area contributed by atoms with Crippen LogP contribution in [0, 0.1) is 0 Å². The number of hydrogen-bond acceptors (Lipinski definition) is 5. The van der Waals surface area contributed by atoms with Crippen LogP contribution < -0.4 is 9.64 Å². The van der Waals surface area contributed by atoms with Crippen molar-refractivity contribution in [2.45, 2.75) is 32.7 Å². The number of nitrogens with zero attached hydrogens (tertiary/aromatic N) is 3. The van der Waals surface area contributed by atoms with Gasteiger partial charge in [-0.05, 0) is 38.0 Å². The fraction of sp³-hybridized carbons (Fsp3) is 0.389. The van der Waals surface area contributed by atoms with Crippen LogP contribution in [0.25, 0.3) is 0 Å². The highest BCUT2D eigenvalue weighted by molar-refractivity contribution is 6.31. The van der Waals surface area contributed by atoms with Gasteiger partial charge in [0.15, 0.2) is 5.82 Å². The summed E-state index contributed by atoms with van der Waals surface area (Å²) >= 11 is 5.98. The Morgan fingerprint density at radius 3 is 2.88 bits per heavy atom. The zero-order valence-electron chi connectivity index (χ0n) is 14.7. The van der Waals surface area contributed by atoms with E-state index in [4.69, 9.17) is 21.1 Å². The Morgan fingerprint density at radius 1 is 1.35 bits per heavy atom. The topological polar surface area (TPSA) is 73.7 Å². The molecule has 0 radical (unpaired) electrons. The van der Waals surface area contributed by atoms with Crippen LogP contribution in [0.5, 0.6) is 5.88 Å². The van der Waals surface area contributed by atoms with E-state index >= 15 is 0 Å². The minimum Gasteiger partial charge on any atom is -0.434 e. The number of aromatic nitrogens is 2. The summed E-state index contributed by atoms with van der Waals surface area (Å²) in [4.78, 5) is 30.6. The van der Waals surface area contributed by atoms with Crippen molar-refractivity contribution in [2.75, 3.05) is 18.6 Å². The van der Waals surface area contributed by atoms with Crippen molar-refractivity contribution < 1.29 is 19.1 Å². The number of amides is 1. The summed E-state index contributed by atoms with van der Waals surface area (Å²) in [6.45, 7) is 2.57. The predicted octanol–water partition coefficient (Wildman–Crippen LogP) is 3.68. The molecule has 1 aliphatic heterocycles. The van der Waals surface area contributed by atoms with E-state index in [1.807, 2.05) is 4.57 Å². The van der Waals surface area contributed by atoms with Crippen LogP contribution in [0.2, 0.25) is 5.02 Å². The molecule has 2 aromatic rings. The molecule has 1 aromatic heterocycles. The summed E-state index contributed by atoms with van der Waals surface area (Å²) in [6, 6.07) is 6.66. The highest BCUT2D eigenvalue weighted by Crippen LogP contribution is 2.33. The third-order valence-electron chi connectivity index (χ3n) is 4.15. The monoisotopic (exact) mass is 377 g/mol. The highest BCUT2D eigenvalue weighted by Gasteiger charge is 2.28. The lowest BCUT2D eigenvalue weighted by molar-refractivity contribution is 0.0969. The summed E-state index contributed by atoms with van der Waals surface area (Å²) in [6.07, 6.45) is 1.90. The largest absolute Gasteiger partial charge is 0.515 e. The number of anilines is 1. The second-order valence-electron chi connectivity index (χ2n) is 5.93. The molecule has 8 heteroatoms. The van der Waals surface area contributed by atoms with Crippen LogP contribution in [-0.2, 0) is 17.7 Å². The number of rotatable bonds is 4. The SMILES string of the molecule is CCOC(=O)Oc1c(N(C)C(=O)c2cccc(Cl)c2)nc2n1CCCC2. The molecule has 0 fully saturated rings. The van der Waals surface area contributed by atoms with Gasteiger partial charge in [0.05, 0.1) is 6.61 Å². The van der Waals surface area contributed by atoms with E-state index in [-0.39, 0.29) is 18.4 Å². The van der Waals surface area contributed by atoms with E-state index in [1.54, 1.807) is 38.2 Å². The van der Waals surface area contributed by atoms with Gasteiger partial charge in [0.2, 0.25) is 0 Å². The molecule has 2 heterocycles. The zero-order valence-corrected chi connectivity index (χ0v) is 15.5. The molecule has 1 aromatic carbocycles. The summed E-state index contributed by atoms with van der Waals surface area (Å²) in [5.74, 6) is 1.02. The fourth-order valence-electron chi connectivity index (χ4n) is 2.90. The summed E-state index contributed by atoms with van der Waals surface area (Å²) in [5, 5.41) is 0.469. The number of ether oxygens (including phenoxy) is 2. The molecule has 0 bridgehead atoms. The minimum absolute atomic E-state index is 0.201. The van der Waals surface area contributed by atoms with E-state index in [0.29, 0.717) is 22.9 Å². The third kappa shape index (κ3) is 3.67. The van der Waals surface area contributed by atoms with Crippen molar-refractivity contribution in [3.63, 3.8) is 0 Å². The molecule has 7 nitrogen and oxygen atoms in total. The molecule has 1 aliphatic rings. The van der Waals surface area contributed by atoms with E-state index in [2.05, 4.69) is 4.98 Å². The van der Waals surface area contributed by atoms with Gasteiger partial charge in [-0.15, -0.1) is 0 Å². The average Bonchev–Trinajstić information content (AvgIpc) is 2.99. The van der Waals surface area contributed by atoms with E-state index in [9.17, 15) is 9.59 Å². The van der Waals surface area contributed by atoms with Gasteiger partial charge in [0.1, 0.15) is 5.82 Å². The molecule has 0 saturated heterocycles. The molecule has 0 unspecified atom stereocenters. The smallest absolute Gasteiger partial charge is 0.434 e. The first kappa shape index (κ1) is 18.3. The molecule has 0 N–H and O–H groups in total. The maximum atomic E-state index is 12.8. The molecular weight excluding hydrogens is 358 g/mol. The van der Waals surface area contributed by atoms with Gasteiger partial charge in [-0.25, -0.2) is 9.78 Å². The highest BCUT2D eigenvalue weighted by atomic mass is 35.5. The lowest BCUT2D eigenvalue weighted by Crippen LogP contribution is -2.27. The average molecular weight is 378 g/mol. The van der Waals surface area contributed by atoms with Gasteiger partial charge in [0, 0.05) is 30.6 Å². The maximum Gasteiger partial charge on any atom is 0.515 e. The Morgan fingerprint density at radius 2 is 2.15 bits per heavy atom. The van der Waals surface area contributed by atoms with Gasteiger partial charge >= 0.3 is 6.16 Å².